The Morgan fingerprint density at radius 3 is 2.96 bits per heavy atom. The highest BCUT2D eigenvalue weighted by atomic mass is 16.2. The number of aryl methyl sites for hydroxylation is 2. The van der Waals surface area contributed by atoms with E-state index in [0.717, 1.165) is 51.1 Å². The molecular weight excluding hydrogens is 298 g/mol. The van der Waals surface area contributed by atoms with Crippen LogP contribution in [0, 0.1) is 5.92 Å². The zero-order valence-corrected chi connectivity index (χ0v) is 14.3. The summed E-state index contributed by atoms with van der Waals surface area (Å²) in [4.78, 5) is 19.4. The highest BCUT2D eigenvalue weighted by Crippen LogP contribution is 2.34. The largest absolute Gasteiger partial charge is 0.341 e. The van der Waals surface area contributed by atoms with E-state index in [9.17, 15) is 4.79 Å². The zero-order valence-electron chi connectivity index (χ0n) is 14.3. The number of benzene rings is 1. The molecule has 2 heterocycles. The Labute approximate surface area is 143 Å². The molecule has 1 amide bonds. The monoisotopic (exact) mass is 323 g/mol. The van der Waals surface area contributed by atoms with E-state index in [4.69, 9.17) is 0 Å². The molecule has 1 atom stereocenters. The number of rotatable bonds is 4. The number of nitrogens with zero attached hydrogens (tertiary/aromatic N) is 3. The zero-order chi connectivity index (χ0) is 16.5. The van der Waals surface area contributed by atoms with Gasteiger partial charge in [0.05, 0.1) is 5.92 Å². The molecule has 0 radical (unpaired) electrons. The van der Waals surface area contributed by atoms with Gasteiger partial charge in [0.2, 0.25) is 5.91 Å². The molecule has 1 saturated heterocycles. The lowest BCUT2D eigenvalue weighted by molar-refractivity contribution is -0.139. The smallest absolute Gasteiger partial charge is 0.230 e. The first-order valence-electron chi connectivity index (χ1n) is 9.13. The summed E-state index contributed by atoms with van der Waals surface area (Å²) in [6.07, 6.45) is 8.13. The molecular formula is C20H25N3O. The Bertz CT molecular complexity index is 730. The number of aromatic nitrogens is 2. The van der Waals surface area contributed by atoms with E-state index in [-0.39, 0.29) is 5.92 Å². The fourth-order valence-electron chi connectivity index (χ4n) is 4.19. The van der Waals surface area contributed by atoms with Crippen LogP contribution in [0.25, 0.3) is 0 Å². The molecule has 2 aliphatic rings. The second-order valence-corrected chi connectivity index (χ2v) is 7.10. The summed E-state index contributed by atoms with van der Waals surface area (Å²) in [6.45, 7) is 4.89. The molecule has 1 aromatic carbocycles. The van der Waals surface area contributed by atoms with Crippen LogP contribution >= 0.6 is 0 Å². The van der Waals surface area contributed by atoms with Crippen LogP contribution < -0.4 is 0 Å². The molecule has 1 aliphatic heterocycles. The Hall–Kier alpha value is -2.10. The minimum Gasteiger partial charge on any atom is -0.341 e. The van der Waals surface area contributed by atoms with Crippen molar-refractivity contribution in [3.63, 3.8) is 0 Å². The molecule has 4 heteroatoms. The van der Waals surface area contributed by atoms with Crippen molar-refractivity contribution in [1.82, 2.24) is 14.5 Å². The van der Waals surface area contributed by atoms with Gasteiger partial charge in [0, 0.05) is 44.4 Å². The number of carbonyl (C=O) groups is 1. The van der Waals surface area contributed by atoms with Gasteiger partial charge in [-0.05, 0) is 30.4 Å². The maximum atomic E-state index is 12.9. The van der Waals surface area contributed by atoms with E-state index in [2.05, 4.69) is 51.8 Å². The standard InChI is InChI=1S/C20H25N3O/c1-2-19-21-10-11-22(19)12-15-13-23(14-15)20(24)18-9-5-7-16-6-3-4-8-17(16)18/h3-4,6,8,10-11,15,18H,2,5,7,9,12-14H2,1H3. The van der Waals surface area contributed by atoms with Crippen LogP contribution in [-0.4, -0.2) is 33.4 Å². The highest BCUT2D eigenvalue weighted by Gasteiger charge is 2.36. The van der Waals surface area contributed by atoms with Crippen molar-refractivity contribution in [2.24, 2.45) is 5.92 Å². The third-order valence-electron chi connectivity index (χ3n) is 5.51. The summed E-state index contributed by atoms with van der Waals surface area (Å²) in [5.41, 5.74) is 2.63. The molecule has 0 saturated carbocycles. The summed E-state index contributed by atoms with van der Waals surface area (Å²) >= 11 is 0. The SMILES string of the molecule is CCc1nccn1CC1CN(C(=O)C2CCCc3ccccc32)C1. The molecule has 2 aromatic rings. The molecule has 0 N–H and O–H groups in total. The molecule has 126 valence electrons. The number of hydrogen-bond acceptors (Lipinski definition) is 2. The van der Waals surface area contributed by atoms with Crippen molar-refractivity contribution >= 4 is 5.91 Å². The fourth-order valence-corrected chi connectivity index (χ4v) is 4.19. The van der Waals surface area contributed by atoms with Crippen molar-refractivity contribution < 1.29 is 4.79 Å². The first-order chi connectivity index (χ1) is 11.8. The van der Waals surface area contributed by atoms with E-state index >= 15 is 0 Å². The van der Waals surface area contributed by atoms with Crippen molar-refractivity contribution in [3.8, 4) is 0 Å². The summed E-state index contributed by atoms with van der Waals surface area (Å²) < 4.78 is 2.24. The van der Waals surface area contributed by atoms with Gasteiger partial charge in [-0.25, -0.2) is 4.98 Å². The highest BCUT2D eigenvalue weighted by molar-refractivity contribution is 5.85. The van der Waals surface area contributed by atoms with Crippen molar-refractivity contribution in [2.45, 2.75) is 45.1 Å². The van der Waals surface area contributed by atoms with Crippen LogP contribution in [0.4, 0.5) is 0 Å². The average Bonchev–Trinajstić information content (AvgIpc) is 3.04. The van der Waals surface area contributed by atoms with Gasteiger partial charge >= 0.3 is 0 Å². The molecule has 1 aromatic heterocycles. The average molecular weight is 323 g/mol. The third-order valence-corrected chi connectivity index (χ3v) is 5.51. The molecule has 0 bridgehead atoms. The van der Waals surface area contributed by atoms with E-state index in [1.807, 2.05) is 6.20 Å². The maximum Gasteiger partial charge on any atom is 0.230 e. The van der Waals surface area contributed by atoms with Crippen molar-refractivity contribution in [3.05, 3.63) is 53.6 Å². The Morgan fingerprint density at radius 2 is 2.12 bits per heavy atom. The number of hydrogen-bond donors (Lipinski definition) is 0. The minimum atomic E-state index is 0.0790. The first-order valence-corrected chi connectivity index (χ1v) is 9.13. The number of carbonyl (C=O) groups excluding carboxylic acids is 1. The van der Waals surface area contributed by atoms with E-state index in [1.165, 1.54) is 11.1 Å². The number of amides is 1. The number of likely N-dealkylation sites (tertiary alicyclic amines) is 1. The van der Waals surface area contributed by atoms with E-state index < -0.39 is 0 Å². The lowest BCUT2D eigenvalue weighted by atomic mass is 9.81. The van der Waals surface area contributed by atoms with Gasteiger partial charge in [0.25, 0.3) is 0 Å². The molecule has 1 fully saturated rings. The predicted octanol–water partition coefficient (Wildman–Crippen LogP) is 3.02. The summed E-state index contributed by atoms with van der Waals surface area (Å²) in [5.74, 6) is 2.11. The first kappa shape index (κ1) is 15.4. The quantitative estimate of drug-likeness (QED) is 0.867. The summed E-state index contributed by atoms with van der Waals surface area (Å²) in [6, 6.07) is 8.47. The van der Waals surface area contributed by atoms with Crippen LogP contribution in [0.1, 0.15) is 42.6 Å². The van der Waals surface area contributed by atoms with Crippen LogP contribution in [0.3, 0.4) is 0 Å². The Kier molecular flexibility index (Phi) is 4.13. The number of imidazole rings is 1. The lowest BCUT2D eigenvalue weighted by Crippen LogP contribution is -2.53. The van der Waals surface area contributed by atoms with Crippen LogP contribution in [0.2, 0.25) is 0 Å². The molecule has 0 spiro atoms. The Balaban J connectivity index is 1.38. The van der Waals surface area contributed by atoms with E-state index in [0.29, 0.717) is 11.8 Å². The molecule has 4 rings (SSSR count). The van der Waals surface area contributed by atoms with Crippen LogP contribution in [0.5, 0.6) is 0 Å². The molecule has 24 heavy (non-hydrogen) atoms. The van der Waals surface area contributed by atoms with Gasteiger partial charge in [-0.3, -0.25) is 4.79 Å². The topological polar surface area (TPSA) is 38.1 Å². The maximum absolute atomic E-state index is 12.9. The van der Waals surface area contributed by atoms with Gasteiger partial charge in [-0.15, -0.1) is 0 Å². The molecule has 4 nitrogen and oxygen atoms in total. The molecule has 1 aliphatic carbocycles. The van der Waals surface area contributed by atoms with Crippen molar-refractivity contribution in [1.29, 1.82) is 0 Å². The summed E-state index contributed by atoms with van der Waals surface area (Å²) in [7, 11) is 0. The van der Waals surface area contributed by atoms with Crippen LogP contribution in [0.15, 0.2) is 36.7 Å². The van der Waals surface area contributed by atoms with Gasteiger partial charge in [0.1, 0.15) is 5.82 Å². The second kappa shape index (κ2) is 6.42. The number of fused-ring (bicyclic) bond motifs is 1. The van der Waals surface area contributed by atoms with Crippen LogP contribution in [-0.2, 0) is 24.2 Å². The van der Waals surface area contributed by atoms with Gasteiger partial charge in [-0.1, -0.05) is 31.2 Å². The lowest BCUT2D eigenvalue weighted by Gasteiger charge is -2.42. The normalized spacial score (nSPS) is 20.5. The third kappa shape index (κ3) is 2.74. The molecule has 1 unspecified atom stereocenters. The van der Waals surface area contributed by atoms with Gasteiger partial charge in [0.15, 0.2) is 0 Å². The summed E-state index contributed by atoms with van der Waals surface area (Å²) in [5, 5.41) is 0. The van der Waals surface area contributed by atoms with Gasteiger partial charge in [-0.2, -0.15) is 0 Å². The minimum absolute atomic E-state index is 0.0790. The predicted molar refractivity (Wildman–Crippen MR) is 93.8 cm³/mol. The van der Waals surface area contributed by atoms with E-state index in [1.54, 1.807) is 0 Å². The second-order valence-electron chi connectivity index (χ2n) is 7.10. The fraction of sp³-hybridized carbons (Fsp3) is 0.500. The Morgan fingerprint density at radius 1 is 1.29 bits per heavy atom. The van der Waals surface area contributed by atoms with Gasteiger partial charge < -0.3 is 9.47 Å². The van der Waals surface area contributed by atoms with Crippen molar-refractivity contribution in [2.75, 3.05) is 13.1 Å².